The summed E-state index contributed by atoms with van der Waals surface area (Å²) in [5.74, 6) is -1.62. The maximum atomic E-state index is 15.0. The standard InChI is InChI=1S/C19H19F4N3O2/c1-10-5-12(6-11(2)25-10)17-14(18(24)27)7-13(8-15(17)20)26-3-4-28-16(9-26)19(21,22)23/h5-8,16H,3-4,9H2,1-2H3,(H2,24,27)/t16-/m0/s1. The fraction of sp³-hybridized carbons (Fsp3) is 0.368. The van der Waals surface area contributed by atoms with Crippen molar-refractivity contribution in [1.82, 2.24) is 4.98 Å². The van der Waals surface area contributed by atoms with Crippen LogP contribution in [0.25, 0.3) is 11.1 Å². The molecular weight excluding hydrogens is 378 g/mol. The van der Waals surface area contributed by atoms with Gasteiger partial charge in [-0.15, -0.1) is 0 Å². The van der Waals surface area contributed by atoms with E-state index in [2.05, 4.69) is 4.98 Å². The predicted octanol–water partition coefficient (Wildman–Crippen LogP) is 3.37. The van der Waals surface area contributed by atoms with Gasteiger partial charge >= 0.3 is 6.18 Å². The number of amides is 1. The summed E-state index contributed by atoms with van der Waals surface area (Å²) in [7, 11) is 0. The van der Waals surface area contributed by atoms with Gasteiger partial charge in [0.1, 0.15) is 5.82 Å². The highest BCUT2D eigenvalue weighted by Gasteiger charge is 2.43. The average molecular weight is 397 g/mol. The molecule has 2 heterocycles. The van der Waals surface area contributed by atoms with Crippen molar-refractivity contribution in [1.29, 1.82) is 0 Å². The number of alkyl halides is 3. The minimum atomic E-state index is -4.53. The van der Waals surface area contributed by atoms with Gasteiger partial charge < -0.3 is 15.4 Å². The Hall–Kier alpha value is -2.68. The van der Waals surface area contributed by atoms with Crippen molar-refractivity contribution in [3.05, 3.63) is 47.0 Å². The molecule has 1 amide bonds. The number of primary amides is 1. The lowest BCUT2D eigenvalue weighted by atomic mass is 9.96. The fourth-order valence-corrected chi connectivity index (χ4v) is 3.32. The highest BCUT2D eigenvalue weighted by Crippen LogP contribution is 2.34. The van der Waals surface area contributed by atoms with Crippen LogP contribution in [-0.4, -0.2) is 42.9 Å². The van der Waals surface area contributed by atoms with Gasteiger partial charge in [0.05, 0.1) is 18.7 Å². The number of morpholine rings is 1. The van der Waals surface area contributed by atoms with Gasteiger partial charge in [0, 0.05) is 29.2 Å². The van der Waals surface area contributed by atoms with Crippen LogP contribution in [0.5, 0.6) is 0 Å². The Morgan fingerprint density at radius 1 is 1.21 bits per heavy atom. The second kappa shape index (κ2) is 7.38. The van der Waals surface area contributed by atoms with Crippen molar-refractivity contribution in [2.24, 2.45) is 5.73 Å². The number of hydrogen-bond acceptors (Lipinski definition) is 4. The third kappa shape index (κ3) is 4.09. The summed E-state index contributed by atoms with van der Waals surface area (Å²) >= 11 is 0. The van der Waals surface area contributed by atoms with Crippen LogP contribution in [0.3, 0.4) is 0 Å². The van der Waals surface area contributed by atoms with Crippen molar-refractivity contribution in [3.8, 4) is 11.1 Å². The Labute approximate surface area is 159 Å². The van der Waals surface area contributed by atoms with Crippen LogP contribution in [0.1, 0.15) is 21.7 Å². The molecule has 0 spiro atoms. The summed E-state index contributed by atoms with van der Waals surface area (Å²) < 4.78 is 58.7. The van der Waals surface area contributed by atoms with Crippen molar-refractivity contribution in [3.63, 3.8) is 0 Å². The molecule has 28 heavy (non-hydrogen) atoms. The molecule has 3 rings (SSSR count). The number of rotatable bonds is 3. The molecule has 0 saturated carbocycles. The molecule has 5 nitrogen and oxygen atoms in total. The summed E-state index contributed by atoms with van der Waals surface area (Å²) in [4.78, 5) is 17.5. The quantitative estimate of drug-likeness (QED) is 0.807. The highest BCUT2D eigenvalue weighted by molar-refractivity contribution is 6.01. The fourth-order valence-electron chi connectivity index (χ4n) is 3.32. The Bertz CT molecular complexity index is 895. The number of aromatic nitrogens is 1. The molecule has 2 N–H and O–H groups in total. The van der Waals surface area contributed by atoms with Gasteiger partial charge in [-0.3, -0.25) is 9.78 Å². The Morgan fingerprint density at radius 2 is 1.86 bits per heavy atom. The monoisotopic (exact) mass is 397 g/mol. The lowest BCUT2D eigenvalue weighted by Crippen LogP contribution is -2.49. The van der Waals surface area contributed by atoms with Crippen LogP contribution in [-0.2, 0) is 4.74 Å². The maximum Gasteiger partial charge on any atom is 0.416 e. The molecule has 0 unspecified atom stereocenters. The summed E-state index contributed by atoms with van der Waals surface area (Å²) in [5, 5.41) is 0. The Kier molecular flexibility index (Phi) is 5.29. The van der Waals surface area contributed by atoms with E-state index in [1.807, 2.05) is 0 Å². The lowest BCUT2D eigenvalue weighted by Gasteiger charge is -2.35. The van der Waals surface area contributed by atoms with E-state index >= 15 is 0 Å². The molecule has 0 aliphatic carbocycles. The molecule has 1 aromatic heterocycles. The molecule has 1 fully saturated rings. The van der Waals surface area contributed by atoms with Gasteiger partial charge in [0.25, 0.3) is 0 Å². The van der Waals surface area contributed by atoms with Crippen LogP contribution in [0.2, 0.25) is 0 Å². The number of hydrogen-bond donors (Lipinski definition) is 1. The third-order valence-corrected chi connectivity index (χ3v) is 4.51. The van der Waals surface area contributed by atoms with E-state index in [4.69, 9.17) is 10.5 Å². The zero-order chi connectivity index (χ0) is 20.6. The largest absolute Gasteiger partial charge is 0.416 e. The second-order valence-corrected chi connectivity index (χ2v) is 6.70. The molecule has 1 saturated heterocycles. The van der Waals surface area contributed by atoms with E-state index in [9.17, 15) is 22.4 Å². The number of benzene rings is 1. The molecule has 0 radical (unpaired) electrons. The first kappa shape index (κ1) is 20.1. The predicted molar refractivity (Wildman–Crippen MR) is 95.6 cm³/mol. The number of nitrogens with two attached hydrogens (primary N) is 1. The second-order valence-electron chi connectivity index (χ2n) is 6.70. The Balaban J connectivity index is 2.06. The van der Waals surface area contributed by atoms with Crippen LogP contribution < -0.4 is 10.6 Å². The lowest BCUT2D eigenvalue weighted by molar-refractivity contribution is -0.221. The van der Waals surface area contributed by atoms with E-state index in [0.717, 1.165) is 6.07 Å². The number of anilines is 1. The van der Waals surface area contributed by atoms with Crippen molar-refractivity contribution in [2.75, 3.05) is 24.6 Å². The minimum absolute atomic E-state index is 0.00507. The van der Waals surface area contributed by atoms with E-state index in [1.54, 1.807) is 26.0 Å². The van der Waals surface area contributed by atoms with E-state index < -0.39 is 30.5 Å². The third-order valence-electron chi connectivity index (χ3n) is 4.51. The topological polar surface area (TPSA) is 68.5 Å². The maximum absolute atomic E-state index is 15.0. The first-order valence-corrected chi connectivity index (χ1v) is 8.58. The number of nitrogens with zero attached hydrogens (tertiary/aromatic N) is 2. The highest BCUT2D eigenvalue weighted by atomic mass is 19.4. The molecule has 0 bridgehead atoms. The van der Waals surface area contributed by atoms with Crippen molar-refractivity contribution in [2.45, 2.75) is 26.1 Å². The molecule has 1 aliphatic rings. The SMILES string of the molecule is Cc1cc(-c2c(F)cc(N3CCO[C@H](C(F)(F)F)C3)cc2C(N)=O)cc(C)n1. The van der Waals surface area contributed by atoms with Crippen molar-refractivity contribution >= 4 is 11.6 Å². The van der Waals surface area contributed by atoms with E-state index in [0.29, 0.717) is 17.0 Å². The first-order chi connectivity index (χ1) is 13.1. The van der Waals surface area contributed by atoms with Gasteiger partial charge in [-0.2, -0.15) is 13.2 Å². The zero-order valence-corrected chi connectivity index (χ0v) is 15.3. The number of pyridine rings is 1. The molecule has 1 aliphatic heterocycles. The van der Waals surface area contributed by atoms with Gasteiger partial charge in [0.2, 0.25) is 5.91 Å². The molecule has 9 heteroatoms. The summed E-state index contributed by atoms with van der Waals surface area (Å²) in [5.41, 5.74) is 7.20. The van der Waals surface area contributed by atoms with E-state index in [1.165, 1.54) is 11.0 Å². The molecule has 1 aromatic carbocycles. The van der Waals surface area contributed by atoms with Crippen LogP contribution >= 0.6 is 0 Å². The smallest absolute Gasteiger partial charge is 0.366 e. The van der Waals surface area contributed by atoms with Gasteiger partial charge in [-0.1, -0.05) is 0 Å². The van der Waals surface area contributed by atoms with Crippen molar-refractivity contribution < 1.29 is 27.1 Å². The number of carbonyl (C=O) groups is 1. The Morgan fingerprint density at radius 3 is 2.43 bits per heavy atom. The van der Waals surface area contributed by atoms with Gasteiger partial charge in [-0.05, 0) is 43.7 Å². The number of halogens is 4. The average Bonchev–Trinajstić information content (AvgIpc) is 2.59. The molecule has 150 valence electrons. The van der Waals surface area contributed by atoms with Gasteiger partial charge in [-0.25, -0.2) is 4.39 Å². The zero-order valence-electron chi connectivity index (χ0n) is 15.3. The first-order valence-electron chi connectivity index (χ1n) is 8.58. The van der Waals surface area contributed by atoms with Crippen LogP contribution in [0.4, 0.5) is 23.2 Å². The van der Waals surface area contributed by atoms with Gasteiger partial charge in [0.15, 0.2) is 6.10 Å². The normalized spacial score (nSPS) is 17.6. The van der Waals surface area contributed by atoms with Crippen LogP contribution in [0, 0.1) is 19.7 Å². The summed E-state index contributed by atoms with van der Waals surface area (Å²) in [6.45, 7) is 2.95. The minimum Gasteiger partial charge on any atom is -0.366 e. The molecule has 2 aromatic rings. The number of ether oxygens (including phenoxy) is 1. The number of aryl methyl sites for hydroxylation is 2. The van der Waals surface area contributed by atoms with Crippen LogP contribution in [0.15, 0.2) is 24.3 Å². The molecular formula is C19H19F4N3O2. The molecule has 1 atom stereocenters. The van der Waals surface area contributed by atoms with E-state index in [-0.39, 0.29) is 30.0 Å². The number of carbonyl (C=O) groups excluding carboxylic acids is 1. The summed E-state index contributed by atoms with van der Waals surface area (Å²) in [6, 6.07) is 5.67. The summed E-state index contributed by atoms with van der Waals surface area (Å²) in [6.07, 6.45) is -6.51.